The van der Waals surface area contributed by atoms with Crippen LogP contribution in [-0.4, -0.2) is 14.8 Å². The number of benzene rings is 1. The van der Waals surface area contributed by atoms with Crippen LogP contribution in [0, 0.1) is 10.5 Å². The lowest BCUT2D eigenvalue weighted by atomic mass is 10.2. The van der Waals surface area contributed by atoms with Crippen molar-refractivity contribution in [1.29, 1.82) is 0 Å². The molecule has 0 saturated heterocycles. The van der Waals surface area contributed by atoms with Gasteiger partial charge in [0.2, 0.25) is 0 Å². The third-order valence-corrected chi connectivity index (χ3v) is 4.32. The fraction of sp³-hybridized carbons (Fsp3) is 0.200. The minimum absolute atomic E-state index is 0.678. The second-order valence-corrected chi connectivity index (χ2v) is 6.55. The molecule has 0 radical (unpaired) electrons. The predicted molar refractivity (Wildman–Crippen MR) is 94.7 cm³/mol. The van der Waals surface area contributed by atoms with E-state index in [-0.39, 0.29) is 0 Å². The topological polar surface area (TPSA) is 42.7 Å². The molecule has 0 unspecified atom stereocenters. The van der Waals surface area contributed by atoms with Gasteiger partial charge in [0.1, 0.15) is 0 Å². The highest BCUT2D eigenvalue weighted by molar-refractivity contribution is 14.1. The summed E-state index contributed by atoms with van der Waals surface area (Å²) in [6.07, 6.45) is 1.87. The number of aryl methyl sites for hydroxylation is 2. The van der Waals surface area contributed by atoms with Crippen molar-refractivity contribution in [2.45, 2.75) is 13.5 Å². The molecule has 0 spiro atoms. The summed E-state index contributed by atoms with van der Waals surface area (Å²) in [6, 6.07) is 8.09. The summed E-state index contributed by atoms with van der Waals surface area (Å²) in [4.78, 5) is 4.48. The molecule has 0 bridgehead atoms. The Kier molecular flexibility index (Phi) is 4.03. The highest BCUT2D eigenvalue weighted by Gasteiger charge is 2.07. The Morgan fingerprint density at radius 1 is 1.33 bits per heavy atom. The van der Waals surface area contributed by atoms with Crippen molar-refractivity contribution >= 4 is 50.9 Å². The van der Waals surface area contributed by atoms with Crippen LogP contribution in [-0.2, 0) is 13.6 Å². The van der Waals surface area contributed by atoms with Gasteiger partial charge in [-0.3, -0.25) is 4.68 Å². The zero-order valence-corrected chi connectivity index (χ0v) is 14.6. The maximum atomic E-state index is 6.22. The monoisotopic (exact) mass is 412 g/mol. The minimum atomic E-state index is 0.678. The summed E-state index contributed by atoms with van der Waals surface area (Å²) in [5, 5.41) is 9.55. The molecule has 0 amide bonds. The van der Waals surface area contributed by atoms with E-state index in [1.165, 1.54) is 0 Å². The van der Waals surface area contributed by atoms with Gasteiger partial charge in [-0.2, -0.15) is 5.10 Å². The van der Waals surface area contributed by atoms with E-state index in [1.54, 1.807) is 4.68 Å². The molecule has 0 aliphatic carbocycles. The number of nitrogens with zero attached hydrogens (tertiary/aromatic N) is 3. The van der Waals surface area contributed by atoms with E-state index in [2.05, 4.69) is 44.1 Å². The number of anilines is 1. The lowest BCUT2D eigenvalue weighted by Crippen LogP contribution is -2.01. The van der Waals surface area contributed by atoms with Crippen molar-refractivity contribution in [2.24, 2.45) is 7.05 Å². The third-order valence-electron chi connectivity index (χ3n) is 3.33. The van der Waals surface area contributed by atoms with Crippen LogP contribution in [0.1, 0.15) is 11.3 Å². The molecule has 21 heavy (non-hydrogen) atoms. The van der Waals surface area contributed by atoms with Gasteiger partial charge in [0.25, 0.3) is 0 Å². The summed E-state index contributed by atoms with van der Waals surface area (Å²) in [5.74, 6) is 0. The molecule has 6 heteroatoms. The van der Waals surface area contributed by atoms with Gasteiger partial charge in [-0.15, -0.1) is 0 Å². The van der Waals surface area contributed by atoms with E-state index in [0.717, 1.165) is 36.6 Å². The maximum absolute atomic E-state index is 6.22. The summed E-state index contributed by atoms with van der Waals surface area (Å²) in [6.45, 7) is 2.68. The molecule has 1 N–H and O–H groups in total. The van der Waals surface area contributed by atoms with Crippen molar-refractivity contribution in [2.75, 3.05) is 5.32 Å². The molecule has 0 saturated carbocycles. The predicted octanol–water partition coefficient (Wildman–Crippen LogP) is 4.15. The second-order valence-electron chi connectivity index (χ2n) is 4.90. The van der Waals surface area contributed by atoms with Crippen LogP contribution < -0.4 is 5.32 Å². The van der Waals surface area contributed by atoms with E-state index in [1.807, 2.05) is 38.4 Å². The average Bonchev–Trinajstić information content (AvgIpc) is 2.73. The number of pyridine rings is 1. The quantitative estimate of drug-likeness (QED) is 0.657. The van der Waals surface area contributed by atoms with Gasteiger partial charge in [-0.05, 0) is 59.3 Å². The van der Waals surface area contributed by atoms with Crippen molar-refractivity contribution in [3.05, 3.63) is 50.3 Å². The molecule has 0 aliphatic rings. The minimum Gasteiger partial charge on any atom is -0.380 e. The Hall–Kier alpha value is -1.34. The molecule has 0 fully saturated rings. The molecule has 2 heterocycles. The smallest absolute Gasteiger partial charge is 0.157 e. The molecule has 2 aromatic heterocycles. The van der Waals surface area contributed by atoms with E-state index < -0.39 is 0 Å². The van der Waals surface area contributed by atoms with Crippen LogP contribution in [0.3, 0.4) is 0 Å². The maximum Gasteiger partial charge on any atom is 0.157 e. The lowest BCUT2D eigenvalue weighted by Gasteiger charge is -2.09. The molecule has 1 aromatic carbocycles. The van der Waals surface area contributed by atoms with Crippen molar-refractivity contribution in [3.63, 3.8) is 0 Å². The van der Waals surface area contributed by atoms with Crippen LogP contribution in [0.15, 0.2) is 30.5 Å². The number of hydrogen-bond acceptors (Lipinski definition) is 3. The van der Waals surface area contributed by atoms with Crippen LogP contribution in [0.25, 0.3) is 11.0 Å². The van der Waals surface area contributed by atoms with Crippen molar-refractivity contribution < 1.29 is 0 Å². The van der Waals surface area contributed by atoms with Crippen LogP contribution in [0.4, 0.5) is 5.69 Å². The molecule has 0 aliphatic heterocycles. The summed E-state index contributed by atoms with van der Waals surface area (Å²) in [5.41, 5.74) is 3.94. The van der Waals surface area contributed by atoms with Gasteiger partial charge < -0.3 is 5.32 Å². The van der Waals surface area contributed by atoms with Crippen molar-refractivity contribution in [1.82, 2.24) is 14.8 Å². The summed E-state index contributed by atoms with van der Waals surface area (Å²) < 4.78 is 2.93. The first-order valence-corrected chi connectivity index (χ1v) is 7.97. The highest BCUT2D eigenvalue weighted by Crippen LogP contribution is 2.24. The van der Waals surface area contributed by atoms with Crippen LogP contribution >= 0.6 is 34.2 Å². The fourth-order valence-electron chi connectivity index (χ4n) is 2.28. The largest absolute Gasteiger partial charge is 0.380 e. The van der Waals surface area contributed by atoms with E-state index in [9.17, 15) is 0 Å². The second kappa shape index (κ2) is 5.81. The zero-order chi connectivity index (χ0) is 15.0. The first-order chi connectivity index (χ1) is 10.0. The van der Waals surface area contributed by atoms with Gasteiger partial charge in [-0.25, -0.2) is 4.98 Å². The Balaban J connectivity index is 1.83. The Bertz CT molecular complexity index is 813. The van der Waals surface area contributed by atoms with E-state index in [0.29, 0.717) is 6.54 Å². The normalized spacial score (nSPS) is 11.0. The number of rotatable bonds is 3. The molecule has 4 nitrogen and oxygen atoms in total. The lowest BCUT2D eigenvalue weighted by molar-refractivity contribution is 0.773. The SMILES string of the molecule is Cc1nn(C)c2ncc(CNc3ccc(I)cc3Cl)cc12. The number of halogens is 2. The number of aromatic nitrogens is 3. The molecule has 3 aromatic rings. The van der Waals surface area contributed by atoms with E-state index >= 15 is 0 Å². The van der Waals surface area contributed by atoms with E-state index in [4.69, 9.17) is 11.6 Å². The summed E-state index contributed by atoms with van der Waals surface area (Å²) >= 11 is 8.47. The van der Waals surface area contributed by atoms with Gasteiger partial charge in [-0.1, -0.05) is 11.6 Å². The van der Waals surface area contributed by atoms with Gasteiger partial charge in [0, 0.05) is 28.7 Å². The Labute approximate surface area is 141 Å². The van der Waals surface area contributed by atoms with Gasteiger partial charge >= 0.3 is 0 Å². The van der Waals surface area contributed by atoms with Crippen LogP contribution in [0.5, 0.6) is 0 Å². The summed E-state index contributed by atoms with van der Waals surface area (Å²) in [7, 11) is 1.91. The van der Waals surface area contributed by atoms with Gasteiger partial charge in [0.05, 0.1) is 16.4 Å². The van der Waals surface area contributed by atoms with Crippen molar-refractivity contribution in [3.8, 4) is 0 Å². The first-order valence-electron chi connectivity index (χ1n) is 6.52. The fourth-order valence-corrected chi connectivity index (χ4v) is 3.20. The number of fused-ring (bicyclic) bond motifs is 1. The Morgan fingerprint density at radius 3 is 2.90 bits per heavy atom. The van der Waals surface area contributed by atoms with Crippen LogP contribution in [0.2, 0.25) is 5.02 Å². The standard InChI is InChI=1S/C15H14ClIN4/c1-9-12-5-10(8-19-15(12)21(2)20-9)7-18-14-4-3-11(17)6-13(14)16/h3-6,8,18H,7H2,1-2H3. The molecular formula is C15H14ClIN4. The third kappa shape index (κ3) is 2.98. The number of nitrogens with one attached hydrogen (secondary N) is 1. The zero-order valence-electron chi connectivity index (χ0n) is 11.7. The molecule has 108 valence electrons. The highest BCUT2D eigenvalue weighted by atomic mass is 127. The first kappa shape index (κ1) is 14.6. The Morgan fingerprint density at radius 2 is 2.14 bits per heavy atom. The average molecular weight is 413 g/mol. The molecule has 0 atom stereocenters. The molecular weight excluding hydrogens is 399 g/mol. The number of hydrogen-bond donors (Lipinski definition) is 1. The molecule has 3 rings (SSSR count). The van der Waals surface area contributed by atoms with Gasteiger partial charge in [0.15, 0.2) is 5.65 Å².